The Morgan fingerprint density at radius 1 is 1.56 bits per heavy atom. The van der Waals surface area contributed by atoms with Crippen LogP contribution in [0.4, 0.5) is 11.5 Å². The van der Waals surface area contributed by atoms with E-state index in [1.54, 1.807) is 17.1 Å². The van der Waals surface area contributed by atoms with Crippen LogP contribution in [-0.4, -0.2) is 37.6 Å². The lowest BCUT2D eigenvalue weighted by Gasteiger charge is -2.08. The maximum Gasteiger partial charge on any atom is 0.337 e. The number of nitrogens with zero attached hydrogens (tertiary/aromatic N) is 4. The average molecular weight is 248 g/mol. The highest BCUT2D eigenvalue weighted by molar-refractivity contribution is 5.89. The summed E-state index contributed by atoms with van der Waals surface area (Å²) in [7, 11) is 0. The number of hydrogen-bond donors (Lipinski definition) is 3. The van der Waals surface area contributed by atoms with Gasteiger partial charge in [-0.2, -0.15) is 0 Å². The van der Waals surface area contributed by atoms with Gasteiger partial charge in [-0.1, -0.05) is 5.21 Å². The number of carboxylic acid groups (broad SMARTS) is 1. The average Bonchev–Trinajstić information content (AvgIpc) is 2.84. The second kappa shape index (κ2) is 5.13. The van der Waals surface area contributed by atoms with E-state index in [4.69, 9.17) is 10.8 Å². The van der Waals surface area contributed by atoms with E-state index in [-0.39, 0.29) is 5.56 Å². The summed E-state index contributed by atoms with van der Waals surface area (Å²) in [5.41, 5.74) is 6.06. The third-order valence-electron chi connectivity index (χ3n) is 2.27. The summed E-state index contributed by atoms with van der Waals surface area (Å²) in [5, 5.41) is 19.2. The van der Waals surface area contributed by atoms with Crippen molar-refractivity contribution in [1.82, 2.24) is 20.0 Å². The molecule has 4 N–H and O–H groups in total. The number of aromatic nitrogens is 4. The van der Waals surface area contributed by atoms with Crippen LogP contribution in [0.25, 0.3) is 0 Å². The van der Waals surface area contributed by atoms with Crippen LogP contribution in [0.1, 0.15) is 10.4 Å². The summed E-state index contributed by atoms with van der Waals surface area (Å²) in [5.74, 6) is -0.594. The van der Waals surface area contributed by atoms with Gasteiger partial charge in [-0.15, -0.1) is 5.10 Å². The molecule has 0 aromatic carbocycles. The molecule has 0 fully saturated rings. The molecule has 8 nitrogen and oxygen atoms in total. The molecule has 0 atom stereocenters. The molecule has 0 radical (unpaired) electrons. The summed E-state index contributed by atoms with van der Waals surface area (Å²) in [6.07, 6.45) is 4.59. The van der Waals surface area contributed by atoms with E-state index in [2.05, 4.69) is 20.6 Å². The molecule has 0 saturated carbocycles. The van der Waals surface area contributed by atoms with Gasteiger partial charge in [0.15, 0.2) is 0 Å². The molecule has 0 unspecified atom stereocenters. The molecule has 2 aromatic rings. The van der Waals surface area contributed by atoms with Crippen molar-refractivity contribution in [3.63, 3.8) is 0 Å². The van der Waals surface area contributed by atoms with Crippen molar-refractivity contribution < 1.29 is 9.90 Å². The smallest absolute Gasteiger partial charge is 0.337 e. The first-order valence-electron chi connectivity index (χ1n) is 5.23. The summed E-state index contributed by atoms with van der Waals surface area (Å²) in [6, 6.07) is 1.37. The number of rotatable bonds is 5. The number of nitrogen functional groups attached to an aromatic ring is 1. The number of nitrogens with two attached hydrogens (primary N) is 1. The van der Waals surface area contributed by atoms with Gasteiger partial charge < -0.3 is 16.2 Å². The first kappa shape index (κ1) is 11.8. The Balaban J connectivity index is 1.95. The molecule has 2 heterocycles. The van der Waals surface area contributed by atoms with Crippen LogP contribution in [0, 0.1) is 0 Å². The van der Waals surface area contributed by atoms with Gasteiger partial charge in [0.1, 0.15) is 5.82 Å². The third kappa shape index (κ3) is 2.73. The second-order valence-corrected chi connectivity index (χ2v) is 3.56. The maximum atomic E-state index is 10.7. The molecule has 0 aliphatic carbocycles. The first-order valence-corrected chi connectivity index (χ1v) is 5.23. The van der Waals surface area contributed by atoms with E-state index in [0.29, 0.717) is 24.6 Å². The zero-order chi connectivity index (χ0) is 13.0. The molecule has 2 rings (SSSR count). The summed E-state index contributed by atoms with van der Waals surface area (Å²) in [4.78, 5) is 14.7. The minimum atomic E-state index is -1.05. The fourth-order valence-electron chi connectivity index (χ4n) is 1.39. The third-order valence-corrected chi connectivity index (χ3v) is 2.27. The number of aromatic carboxylic acids is 1. The van der Waals surface area contributed by atoms with Crippen molar-refractivity contribution in [2.75, 3.05) is 17.6 Å². The Bertz CT molecular complexity index is 539. The van der Waals surface area contributed by atoms with Gasteiger partial charge in [0.25, 0.3) is 0 Å². The molecular weight excluding hydrogens is 236 g/mol. The number of pyridine rings is 1. The molecule has 8 heteroatoms. The zero-order valence-electron chi connectivity index (χ0n) is 9.45. The molecule has 0 spiro atoms. The van der Waals surface area contributed by atoms with E-state index >= 15 is 0 Å². The zero-order valence-corrected chi connectivity index (χ0v) is 9.45. The van der Waals surface area contributed by atoms with Crippen molar-refractivity contribution in [3.05, 3.63) is 30.2 Å². The molecule has 0 saturated heterocycles. The SMILES string of the molecule is Nc1cc(C(=O)O)cnc1NCCn1ccnn1. The maximum absolute atomic E-state index is 10.7. The number of anilines is 2. The van der Waals surface area contributed by atoms with Crippen LogP contribution in [0.5, 0.6) is 0 Å². The Morgan fingerprint density at radius 3 is 3.00 bits per heavy atom. The highest BCUT2D eigenvalue weighted by Crippen LogP contribution is 2.15. The van der Waals surface area contributed by atoms with Gasteiger partial charge in [-0.05, 0) is 6.07 Å². The van der Waals surface area contributed by atoms with Gasteiger partial charge in [0, 0.05) is 18.9 Å². The highest BCUT2D eigenvalue weighted by atomic mass is 16.4. The van der Waals surface area contributed by atoms with Gasteiger partial charge in [0.2, 0.25) is 0 Å². The Hall–Kier alpha value is -2.64. The Morgan fingerprint density at radius 2 is 2.39 bits per heavy atom. The van der Waals surface area contributed by atoms with E-state index in [1.165, 1.54) is 12.3 Å². The van der Waals surface area contributed by atoms with E-state index in [0.717, 1.165) is 0 Å². The van der Waals surface area contributed by atoms with Crippen LogP contribution < -0.4 is 11.1 Å². The molecule has 0 aliphatic rings. The van der Waals surface area contributed by atoms with Crippen molar-refractivity contribution in [1.29, 1.82) is 0 Å². The fourth-order valence-corrected chi connectivity index (χ4v) is 1.39. The van der Waals surface area contributed by atoms with Crippen LogP contribution in [0.2, 0.25) is 0 Å². The summed E-state index contributed by atoms with van der Waals surface area (Å²) in [6.45, 7) is 1.18. The van der Waals surface area contributed by atoms with Crippen LogP contribution in [-0.2, 0) is 6.54 Å². The van der Waals surface area contributed by atoms with Crippen molar-refractivity contribution in [2.45, 2.75) is 6.54 Å². The molecular formula is C10H12N6O2. The van der Waals surface area contributed by atoms with E-state index in [9.17, 15) is 4.79 Å². The topological polar surface area (TPSA) is 119 Å². The van der Waals surface area contributed by atoms with Crippen molar-refractivity contribution >= 4 is 17.5 Å². The number of nitrogens with one attached hydrogen (secondary N) is 1. The predicted octanol–water partition coefficient (Wildman–Crippen LogP) is 0.0656. The normalized spacial score (nSPS) is 10.2. The highest BCUT2D eigenvalue weighted by Gasteiger charge is 2.07. The largest absolute Gasteiger partial charge is 0.478 e. The fraction of sp³-hybridized carbons (Fsp3) is 0.200. The number of hydrogen-bond acceptors (Lipinski definition) is 6. The molecule has 94 valence electrons. The molecule has 0 amide bonds. The van der Waals surface area contributed by atoms with E-state index in [1.807, 2.05) is 0 Å². The summed E-state index contributed by atoms with van der Waals surface area (Å²) < 4.78 is 1.66. The molecule has 18 heavy (non-hydrogen) atoms. The van der Waals surface area contributed by atoms with Gasteiger partial charge in [0.05, 0.1) is 24.0 Å². The number of carboxylic acids is 1. The summed E-state index contributed by atoms with van der Waals surface area (Å²) >= 11 is 0. The monoisotopic (exact) mass is 248 g/mol. The quantitative estimate of drug-likeness (QED) is 0.684. The minimum absolute atomic E-state index is 0.0642. The van der Waals surface area contributed by atoms with E-state index < -0.39 is 5.97 Å². The van der Waals surface area contributed by atoms with Crippen LogP contribution >= 0.6 is 0 Å². The van der Waals surface area contributed by atoms with Gasteiger partial charge in [-0.25, -0.2) is 9.78 Å². The number of carbonyl (C=O) groups is 1. The predicted molar refractivity (Wildman–Crippen MR) is 64.1 cm³/mol. The molecule has 2 aromatic heterocycles. The molecule has 0 bridgehead atoms. The lowest BCUT2D eigenvalue weighted by atomic mass is 10.2. The Labute approximate surface area is 102 Å². The second-order valence-electron chi connectivity index (χ2n) is 3.56. The molecule has 0 aliphatic heterocycles. The first-order chi connectivity index (χ1) is 8.66. The van der Waals surface area contributed by atoms with Gasteiger partial charge >= 0.3 is 5.97 Å². The van der Waals surface area contributed by atoms with Gasteiger partial charge in [-0.3, -0.25) is 4.68 Å². The van der Waals surface area contributed by atoms with Crippen molar-refractivity contribution in [2.24, 2.45) is 0 Å². The van der Waals surface area contributed by atoms with Crippen molar-refractivity contribution in [3.8, 4) is 0 Å². The lowest BCUT2D eigenvalue weighted by molar-refractivity contribution is 0.0696. The van der Waals surface area contributed by atoms with Crippen LogP contribution in [0.15, 0.2) is 24.7 Å². The Kier molecular flexibility index (Phi) is 3.37. The van der Waals surface area contributed by atoms with Crippen LogP contribution in [0.3, 0.4) is 0 Å². The lowest BCUT2D eigenvalue weighted by Crippen LogP contribution is -2.13. The standard InChI is InChI=1S/C10H12N6O2/c11-8-5-7(10(17)18)6-13-9(8)12-1-3-16-4-2-14-15-16/h2,4-6H,1,3,11H2,(H,12,13)(H,17,18). The minimum Gasteiger partial charge on any atom is -0.478 e.